The first-order chi connectivity index (χ1) is 14.0. The number of pyridine rings is 1. The van der Waals surface area contributed by atoms with Gasteiger partial charge in [0.25, 0.3) is 11.5 Å². The first-order valence-corrected chi connectivity index (χ1v) is 9.93. The van der Waals surface area contributed by atoms with E-state index in [0.29, 0.717) is 17.9 Å². The third-order valence-corrected chi connectivity index (χ3v) is 5.88. The standard InChI is InChI=1S/C22H24N4O3/c1-13(16-7-4-8-18-20(16)25-12-24-18)26-11-15(19(27)9-14-5-3-6-14)10-17(22(26)29)21(28)23-2/h4,7-8,10-14H,3,5-6,9H2,1-2H3,(H,23,28)(H,24,25). The fourth-order valence-electron chi connectivity index (χ4n) is 3.89. The molecule has 1 aliphatic carbocycles. The summed E-state index contributed by atoms with van der Waals surface area (Å²) in [6, 6.07) is 6.75. The minimum Gasteiger partial charge on any atom is -0.355 e. The van der Waals surface area contributed by atoms with Crippen LogP contribution in [0.2, 0.25) is 0 Å². The second-order valence-corrected chi connectivity index (χ2v) is 7.68. The number of nitrogens with one attached hydrogen (secondary N) is 2. The molecule has 1 amide bonds. The summed E-state index contributed by atoms with van der Waals surface area (Å²) in [6.07, 6.45) is 6.93. The molecule has 29 heavy (non-hydrogen) atoms. The van der Waals surface area contributed by atoms with Crippen molar-refractivity contribution in [3.8, 4) is 0 Å². The molecule has 0 radical (unpaired) electrons. The molecule has 1 unspecified atom stereocenters. The lowest BCUT2D eigenvalue weighted by Gasteiger charge is -2.25. The summed E-state index contributed by atoms with van der Waals surface area (Å²) in [4.78, 5) is 45.7. The molecule has 150 valence electrons. The lowest BCUT2D eigenvalue weighted by atomic mass is 9.81. The Labute approximate surface area is 168 Å². The number of Topliss-reactive ketones (excluding diaryl/α,β-unsaturated/α-hetero) is 1. The number of hydrogen-bond acceptors (Lipinski definition) is 4. The zero-order valence-electron chi connectivity index (χ0n) is 16.6. The highest BCUT2D eigenvalue weighted by atomic mass is 16.2. The van der Waals surface area contributed by atoms with Crippen molar-refractivity contribution in [3.05, 3.63) is 63.8 Å². The Balaban J connectivity index is 1.81. The Morgan fingerprint density at radius 2 is 2.14 bits per heavy atom. The van der Waals surface area contributed by atoms with Gasteiger partial charge in [-0.2, -0.15) is 0 Å². The van der Waals surface area contributed by atoms with Gasteiger partial charge in [0, 0.05) is 30.8 Å². The largest absolute Gasteiger partial charge is 0.355 e. The van der Waals surface area contributed by atoms with E-state index in [2.05, 4.69) is 15.3 Å². The highest BCUT2D eigenvalue weighted by Gasteiger charge is 2.25. The van der Waals surface area contributed by atoms with Crippen LogP contribution in [0.4, 0.5) is 0 Å². The van der Waals surface area contributed by atoms with Crippen LogP contribution in [0.15, 0.2) is 41.6 Å². The Bertz CT molecular complexity index is 1140. The van der Waals surface area contributed by atoms with E-state index in [4.69, 9.17) is 0 Å². The molecule has 1 fully saturated rings. The van der Waals surface area contributed by atoms with Crippen molar-refractivity contribution in [3.63, 3.8) is 0 Å². The molecular weight excluding hydrogens is 368 g/mol. The van der Waals surface area contributed by atoms with Crippen molar-refractivity contribution in [2.24, 2.45) is 5.92 Å². The van der Waals surface area contributed by atoms with Crippen LogP contribution in [-0.4, -0.2) is 33.3 Å². The molecule has 4 rings (SSSR count). The van der Waals surface area contributed by atoms with Gasteiger partial charge in [-0.3, -0.25) is 14.4 Å². The van der Waals surface area contributed by atoms with Gasteiger partial charge >= 0.3 is 0 Å². The first-order valence-electron chi connectivity index (χ1n) is 9.93. The van der Waals surface area contributed by atoms with Crippen LogP contribution >= 0.6 is 0 Å². The minimum absolute atomic E-state index is 0.0204. The van der Waals surface area contributed by atoms with Crippen molar-refractivity contribution in [2.45, 2.75) is 38.6 Å². The van der Waals surface area contributed by atoms with Crippen LogP contribution in [0.5, 0.6) is 0 Å². The summed E-state index contributed by atoms with van der Waals surface area (Å²) >= 11 is 0. The van der Waals surface area contributed by atoms with Gasteiger partial charge in [0.2, 0.25) is 0 Å². The summed E-state index contributed by atoms with van der Waals surface area (Å²) in [5.74, 6) is -0.118. The smallest absolute Gasteiger partial charge is 0.264 e. The number of ketones is 1. The van der Waals surface area contributed by atoms with Gasteiger partial charge in [-0.15, -0.1) is 0 Å². The maximum absolute atomic E-state index is 13.1. The molecule has 0 spiro atoms. The monoisotopic (exact) mass is 392 g/mol. The Morgan fingerprint density at radius 3 is 2.83 bits per heavy atom. The van der Waals surface area contributed by atoms with Gasteiger partial charge in [-0.25, -0.2) is 4.98 Å². The molecular formula is C22H24N4O3. The van der Waals surface area contributed by atoms with Gasteiger partial charge in [0.05, 0.1) is 23.4 Å². The van der Waals surface area contributed by atoms with E-state index in [-0.39, 0.29) is 11.3 Å². The summed E-state index contributed by atoms with van der Waals surface area (Å²) in [5.41, 5.74) is 2.43. The van der Waals surface area contributed by atoms with Crippen molar-refractivity contribution in [1.82, 2.24) is 19.9 Å². The van der Waals surface area contributed by atoms with Crippen LogP contribution in [0, 0.1) is 5.92 Å². The van der Waals surface area contributed by atoms with Crippen LogP contribution in [0.1, 0.15) is 64.9 Å². The van der Waals surface area contributed by atoms with Crippen molar-refractivity contribution >= 4 is 22.7 Å². The number of carbonyl (C=O) groups is 2. The molecule has 1 aliphatic rings. The molecule has 2 N–H and O–H groups in total. The number of para-hydroxylation sites is 1. The number of amides is 1. The number of benzene rings is 1. The number of aromatic nitrogens is 3. The van der Waals surface area contributed by atoms with Crippen LogP contribution in [-0.2, 0) is 0 Å². The fourth-order valence-corrected chi connectivity index (χ4v) is 3.89. The van der Waals surface area contributed by atoms with Gasteiger partial charge in [0.1, 0.15) is 5.56 Å². The van der Waals surface area contributed by atoms with E-state index in [1.165, 1.54) is 17.7 Å². The zero-order valence-corrected chi connectivity index (χ0v) is 16.6. The van der Waals surface area contributed by atoms with Gasteiger partial charge < -0.3 is 14.9 Å². The van der Waals surface area contributed by atoms with Crippen molar-refractivity contribution in [2.75, 3.05) is 7.05 Å². The Morgan fingerprint density at radius 1 is 1.34 bits per heavy atom. The molecule has 3 aromatic rings. The molecule has 1 atom stereocenters. The maximum Gasteiger partial charge on any atom is 0.264 e. The normalized spacial score (nSPS) is 15.1. The van der Waals surface area contributed by atoms with E-state index >= 15 is 0 Å². The molecule has 7 nitrogen and oxygen atoms in total. The molecule has 0 aliphatic heterocycles. The summed E-state index contributed by atoms with van der Waals surface area (Å²) in [7, 11) is 1.48. The number of imidazole rings is 1. The van der Waals surface area contributed by atoms with E-state index < -0.39 is 17.5 Å². The van der Waals surface area contributed by atoms with Crippen molar-refractivity contribution in [1.29, 1.82) is 0 Å². The second kappa shape index (κ2) is 7.66. The predicted molar refractivity (Wildman–Crippen MR) is 110 cm³/mol. The van der Waals surface area contributed by atoms with Crippen LogP contribution in [0.25, 0.3) is 11.0 Å². The Hall–Kier alpha value is -3.22. The average Bonchev–Trinajstić information content (AvgIpc) is 3.18. The number of aromatic amines is 1. The second-order valence-electron chi connectivity index (χ2n) is 7.68. The third kappa shape index (κ3) is 3.48. The average molecular weight is 392 g/mol. The number of carbonyl (C=O) groups excluding carboxylic acids is 2. The summed E-state index contributed by atoms with van der Waals surface area (Å²) < 4.78 is 1.47. The number of rotatable bonds is 6. The molecule has 2 heterocycles. The third-order valence-electron chi connectivity index (χ3n) is 5.88. The van der Waals surface area contributed by atoms with E-state index in [0.717, 1.165) is 35.9 Å². The quantitative estimate of drug-likeness (QED) is 0.630. The Kier molecular flexibility index (Phi) is 5.05. The highest BCUT2D eigenvalue weighted by Crippen LogP contribution is 2.31. The molecule has 0 saturated heterocycles. The van der Waals surface area contributed by atoms with Gasteiger partial charge in [-0.1, -0.05) is 31.4 Å². The lowest BCUT2D eigenvalue weighted by Crippen LogP contribution is -2.34. The predicted octanol–water partition coefficient (Wildman–Crippen LogP) is 3.07. The maximum atomic E-state index is 13.1. The van der Waals surface area contributed by atoms with Gasteiger partial charge in [0.15, 0.2) is 5.78 Å². The minimum atomic E-state index is -0.493. The van der Waals surface area contributed by atoms with E-state index in [9.17, 15) is 14.4 Å². The SMILES string of the molecule is CNC(=O)c1cc(C(=O)CC2CCC2)cn(C(C)c2cccc3[nH]cnc23)c1=O. The summed E-state index contributed by atoms with van der Waals surface area (Å²) in [6.45, 7) is 1.87. The fraction of sp³-hybridized carbons (Fsp3) is 0.364. The highest BCUT2D eigenvalue weighted by molar-refractivity contribution is 6.00. The number of H-pyrrole nitrogens is 1. The topological polar surface area (TPSA) is 96.8 Å². The molecule has 7 heteroatoms. The van der Waals surface area contributed by atoms with E-state index in [1.54, 1.807) is 12.5 Å². The van der Waals surface area contributed by atoms with Gasteiger partial charge in [-0.05, 0) is 25.0 Å². The van der Waals surface area contributed by atoms with Crippen molar-refractivity contribution < 1.29 is 9.59 Å². The zero-order chi connectivity index (χ0) is 20.5. The van der Waals surface area contributed by atoms with E-state index in [1.807, 2.05) is 25.1 Å². The number of fused-ring (bicyclic) bond motifs is 1. The van der Waals surface area contributed by atoms with Crippen LogP contribution in [0.3, 0.4) is 0 Å². The first kappa shape index (κ1) is 19.1. The number of hydrogen-bond donors (Lipinski definition) is 2. The summed E-state index contributed by atoms with van der Waals surface area (Å²) in [5, 5.41) is 2.50. The molecule has 1 aromatic carbocycles. The van der Waals surface area contributed by atoms with Crippen LogP contribution < -0.4 is 10.9 Å². The molecule has 0 bridgehead atoms. The molecule has 2 aromatic heterocycles. The molecule has 1 saturated carbocycles. The lowest BCUT2D eigenvalue weighted by molar-refractivity contribution is 0.0935. The number of nitrogens with zero attached hydrogens (tertiary/aromatic N) is 2.